The van der Waals surface area contributed by atoms with E-state index in [4.69, 9.17) is 5.11 Å². The first-order valence-corrected chi connectivity index (χ1v) is 4.85. The number of carboxylic acids is 1. The van der Waals surface area contributed by atoms with Gasteiger partial charge in [-0.3, -0.25) is 4.79 Å². The molecule has 0 aliphatic rings. The number of nitrogens with zero attached hydrogens (tertiary/aromatic N) is 2. The number of hydrogen-bond acceptors (Lipinski definition) is 4. The fourth-order valence-electron chi connectivity index (χ4n) is 1.08. The maximum atomic E-state index is 10.6. The van der Waals surface area contributed by atoms with Crippen molar-refractivity contribution < 1.29 is 14.7 Å². The number of thiophene rings is 1. The minimum Gasteiger partial charge on any atom is -0.477 e. The Hall–Kier alpha value is -1.95. The van der Waals surface area contributed by atoms with Gasteiger partial charge in [-0.15, -0.1) is 11.3 Å². The summed E-state index contributed by atoms with van der Waals surface area (Å²) in [4.78, 5) is 21.3. The lowest BCUT2D eigenvalue weighted by atomic mass is 10.4. The second-order valence-corrected chi connectivity index (χ2v) is 3.84. The third kappa shape index (κ3) is 1.79. The summed E-state index contributed by atoms with van der Waals surface area (Å²) >= 11 is 1.10. The molecule has 2 heterocycles. The minimum absolute atomic E-state index is 0.244. The van der Waals surface area contributed by atoms with Gasteiger partial charge in [0.2, 0.25) is 0 Å². The summed E-state index contributed by atoms with van der Waals surface area (Å²) in [6.07, 6.45) is 3.66. The summed E-state index contributed by atoms with van der Waals surface area (Å²) in [6, 6.07) is 3.15. The maximum absolute atomic E-state index is 10.6. The first-order valence-electron chi connectivity index (χ1n) is 4.04. The molecule has 2 rings (SSSR count). The molecule has 0 aliphatic carbocycles. The van der Waals surface area contributed by atoms with Crippen LogP contribution < -0.4 is 0 Å². The van der Waals surface area contributed by atoms with E-state index in [0.717, 1.165) is 11.3 Å². The SMILES string of the molecule is O=Cc1cnn(-c2ccc(C(=O)O)s2)c1. The highest BCUT2D eigenvalue weighted by Gasteiger charge is 2.08. The number of hydrogen-bond donors (Lipinski definition) is 1. The molecule has 0 unspecified atom stereocenters. The number of aromatic nitrogens is 2. The normalized spacial score (nSPS) is 10.1. The van der Waals surface area contributed by atoms with E-state index in [-0.39, 0.29) is 4.88 Å². The van der Waals surface area contributed by atoms with Crippen LogP contribution in [-0.2, 0) is 0 Å². The Balaban J connectivity index is 2.36. The van der Waals surface area contributed by atoms with Crippen molar-refractivity contribution in [3.63, 3.8) is 0 Å². The number of rotatable bonds is 3. The van der Waals surface area contributed by atoms with Gasteiger partial charge in [0, 0.05) is 6.20 Å². The molecule has 1 N–H and O–H groups in total. The lowest BCUT2D eigenvalue weighted by molar-refractivity contribution is 0.0702. The summed E-state index contributed by atoms with van der Waals surface area (Å²) in [5.41, 5.74) is 0.459. The van der Waals surface area contributed by atoms with Crippen LogP contribution in [0, 0.1) is 0 Å². The van der Waals surface area contributed by atoms with Crippen LogP contribution in [0.5, 0.6) is 0 Å². The van der Waals surface area contributed by atoms with Crippen LogP contribution in [0.15, 0.2) is 24.5 Å². The van der Waals surface area contributed by atoms with Crippen LogP contribution in [0.25, 0.3) is 5.00 Å². The summed E-state index contributed by atoms with van der Waals surface area (Å²) in [7, 11) is 0. The minimum atomic E-state index is -0.964. The van der Waals surface area contributed by atoms with Gasteiger partial charge < -0.3 is 5.11 Å². The fourth-order valence-corrected chi connectivity index (χ4v) is 1.86. The maximum Gasteiger partial charge on any atom is 0.345 e. The van der Waals surface area contributed by atoms with Gasteiger partial charge in [-0.1, -0.05) is 0 Å². The molecule has 2 aromatic heterocycles. The molecule has 5 nitrogen and oxygen atoms in total. The summed E-state index contributed by atoms with van der Waals surface area (Å²) in [5.74, 6) is -0.964. The van der Waals surface area contributed by atoms with E-state index in [1.165, 1.54) is 16.9 Å². The van der Waals surface area contributed by atoms with Crippen LogP contribution in [0.1, 0.15) is 20.0 Å². The van der Waals surface area contributed by atoms with Crippen molar-refractivity contribution >= 4 is 23.6 Å². The van der Waals surface area contributed by atoms with Crippen molar-refractivity contribution in [1.29, 1.82) is 0 Å². The summed E-state index contributed by atoms with van der Waals surface area (Å²) < 4.78 is 1.47. The van der Waals surface area contributed by atoms with E-state index in [1.807, 2.05) is 0 Å². The van der Waals surface area contributed by atoms with Crippen molar-refractivity contribution in [2.45, 2.75) is 0 Å². The molecule has 76 valence electrons. The lowest BCUT2D eigenvalue weighted by Crippen LogP contribution is -1.91. The predicted octanol–water partition coefficient (Wildman–Crippen LogP) is 1.44. The van der Waals surface area contributed by atoms with E-state index >= 15 is 0 Å². The van der Waals surface area contributed by atoms with Crippen molar-refractivity contribution in [2.24, 2.45) is 0 Å². The highest BCUT2D eigenvalue weighted by atomic mass is 32.1. The predicted molar refractivity (Wildman–Crippen MR) is 53.8 cm³/mol. The quantitative estimate of drug-likeness (QED) is 0.797. The van der Waals surface area contributed by atoms with E-state index in [9.17, 15) is 9.59 Å². The standard InChI is InChI=1S/C9H6N2O3S/c12-5-6-3-10-11(4-6)8-2-1-7(15-8)9(13)14/h1-5H,(H,13,14). The Morgan fingerprint density at radius 1 is 1.53 bits per heavy atom. The third-order valence-corrected chi connectivity index (χ3v) is 2.83. The Kier molecular flexibility index (Phi) is 2.34. The van der Waals surface area contributed by atoms with Gasteiger partial charge in [0.05, 0.1) is 11.8 Å². The zero-order chi connectivity index (χ0) is 10.8. The smallest absolute Gasteiger partial charge is 0.345 e. The lowest BCUT2D eigenvalue weighted by Gasteiger charge is -1.92. The van der Waals surface area contributed by atoms with Gasteiger partial charge in [0.25, 0.3) is 0 Å². The first-order chi connectivity index (χ1) is 7.20. The number of carbonyl (C=O) groups is 2. The van der Waals surface area contributed by atoms with Crippen molar-refractivity contribution in [3.05, 3.63) is 35.0 Å². The van der Waals surface area contributed by atoms with Crippen LogP contribution in [0.4, 0.5) is 0 Å². The molecular formula is C9H6N2O3S. The van der Waals surface area contributed by atoms with Crippen molar-refractivity contribution in [3.8, 4) is 5.00 Å². The molecule has 15 heavy (non-hydrogen) atoms. The molecular weight excluding hydrogens is 216 g/mol. The number of carboxylic acid groups (broad SMARTS) is 1. The highest BCUT2D eigenvalue weighted by molar-refractivity contribution is 7.16. The zero-order valence-corrected chi connectivity index (χ0v) is 8.27. The van der Waals surface area contributed by atoms with Gasteiger partial charge >= 0.3 is 5.97 Å². The first kappa shape index (κ1) is 9.60. The van der Waals surface area contributed by atoms with Crippen LogP contribution in [0.2, 0.25) is 0 Å². The van der Waals surface area contributed by atoms with E-state index in [2.05, 4.69) is 5.10 Å². The zero-order valence-electron chi connectivity index (χ0n) is 7.45. The van der Waals surface area contributed by atoms with Crippen LogP contribution >= 0.6 is 11.3 Å². The molecule has 0 amide bonds. The molecule has 0 saturated carbocycles. The monoisotopic (exact) mass is 222 g/mol. The molecule has 0 aliphatic heterocycles. The van der Waals surface area contributed by atoms with E-state index < -0.39 is 5.97 Å². The number of aldehydes is 1. The molecule has 0 fully saturated rings. The fraction of sp³-hybridized carbons (Fsp3) is 0. The Labute approximate surface area is 88.6 Å². The number of aromatic carboxylic acids is 1. The van der Waals surface area contributed by atoms with Gasteiger partial charge in [0.1, 0.15) is 9.88 Å². The van der Waals surface area contributed by atoms with Crippen molar-refractivity contribution in [1.82, 2.24) is 9.78 Å². The second-order valence-electron chi connectivity index (χ2n) is 2.78. The third-order valence-electron chi connectivity index (χ3n) is 1.77. The van der Waals surface area contributed by atoms with E-state index in [1.54, 1.807) is 12.3 Å². The van der Waals surface area contributed by atoms with Crippen molar-refractivity contribution in [2.75, 3.05) is 0 Å². The highest BCUT2D eigenvalue weighted by Crippen LogP contribution is 2.20. The number of carbonyl (C=O) groups excluding carboxylic acids is 1. The Morgan fingerprint density at radius 2 is 2.33 bits per heavy atom. The van der Waals surface area contributed by atoms with Gasteiger partial charge in [-0.05, 0) is 12.1 Å². The molecule has 2 aromatic rings. The van der Waals surface area contributed by atoms with Crippen LogP contribution in [-0.4, -0.2) is 27.1 Å². The molecule has 0 radical (unpaired) electrons. The summed E-state index contributed by atoms with van der Waals surface area (Å²) in [6.45, 7) is 0. The van der Waals surface area contributed by atoms with Gasteiger partial charge in [-0.25, -0.2) is 9.48 Å². The Bertz CT molecular complexity index is 515. The Morgan fingerprint density at radius 3 is 2.87 bits per heavy atom. The molecule has 0 saturated heterocycles. The average molecular weight is 222 g/mol. The topological polar surface area (TPSA) is 72.2 Å². The second kappa shape index (κ2) is 3.66. The molecule has 0 atom stereocenters. The summed E-state index contributed by atoms with van der Waals surface area (Å²) in [5, 5.41) is 13.3. The molecule has 0 aromatic carbocycles. The molecule has 6 heteroatoms. The molecule has 0 bridgehead atoms. The largest absolute Gasteiger partial charge is 0.477 e. The van der Waals surface area contributed by atoms with E-state index in [0.29, 0.717) is 16.9 Å². The van der Waals surface area contributed by atoms with Gasteiger partial charge in [-0.2, -0.15) is 5.10 Å². The van der Waals surface area contributed by atoms with Gasteiger partial charge in [0.15, 0.2) is 6.29 Å². The molecule has 0 spiro atoms. The van der Waals surface area contributed by atoms with Crippen LogP contribution in [0.3, 0.4) is 0 Å². The average Bonchev–Trinajstić information content (AvgIpc) is 2.86.